The van der Waals surface area contributed by atoms with E-state index in [1.165, 1.54) is 10.2 Å². The number of aliphatic carboxylic acids is 1. The number of nitrogens with one attached hydrogen (secondary N) is 1. The van der Waals surface area contributed by atoms with E-state index in [0.29, 0.717) is 22.5 Å². The summed E-state index contributed by atoms with van der Waals surface area (Å²) in [6.45, 7) is 3.30. The van der Waals surface area contributed by atoms with E-state index in [-0.39, 0.29) is 10.9 Å². The fourth-order valence-corrected chi connectivity index (χ4v) is 5.00. The monoisotopic (exact) mass is 490 g/mol. The van der Waals surface area contributed by atoms with Crippen LogP contribution in [0, 0.1) is 0 Å². The van der Waals surface area contributed by atoms with Gasteiger partial charge in [-0.2, -0.15) is 13.2 Å². The van der Waals surface area contributed by atoms with Gasteiger partial charge in [0.25, 0.3) is 10.0 Å². The number of nitrogens with zero attached hydrogens (tertiary/aromatic N) is 1. The number of carboxylic acids is 1. The Balaban J connectivity index is 0.000000360. The van der Waals surface area contributed by atoms with E-state index in [0.717, 1.165) is 17.9 Å². The van der Waals surface area contributed by atoms with Crippen molar-refractivity contribution >= 4 is 38.5 Å². The number of ether oxygens (including phenoxy) is 1. The first-order chi connectivity index (χ1) is 14.9. The SMILES string of the molecule is CC1NCCOc2ccc3c(c(Cl)cn3S(=O)(=O)c3ccccc3)c21.O=C(O)C(F)(F)F. The first-order valence-corrected chi connectivity index (χ1v) is 11.1. The molecule has 2 aromatic carbocycles. The molecule has 0 saturated heterocycles. The lowest BCUT2D eigenvalue weighted by Crippen LogP contribution is -2.21. The fraction of sp³-hybridized carbons (Fsp3) is 0.250. The lowest BCUT2D eigenvalue weighted by molar-refractivity contribution is -0.192. The average Bonchev–Trinajstić information content (AvgIpc) is 2.96. The molecule has 4 rings (SSSR count). The van der Waals surface area contributed by atoms with Crippen LogP contribution in [0.5, 0.6) is 5.75 Å². The van der Waals surface area contributed by atoms with Gasteiger partial charge in [0, 0.05) is 29.7 Å². The van der Waals surface area contributed by atoms with Crippen molar-refractivity contribution in [3.05, 3.63) is 59.2 Å². The van der Waals surface area contributed by atoms with Crippen molar-refractivity contribution in [2.75, 3.05) is 13.2 Å². The van der Waals surface area contributed by atoms with Crippen molar-refractivity contribution in [3.63, 3.8) is 0 Å². The van der Waals surface area contributed by atoms with Gasteiger partial charge in [-0.25, -0.2) is 17.2 Å². The van der Waals surface area contributed by atoms with Crippen molar-refractivity contribution in [1.82, 2.24) is 9.29 Å². The van der Waals surface area contributed by atoms with Gasteiger partial charge in [-0.05, 0) is 31.2 Å². The summed E-state index contributed by atoms with van der Waals surface area (Å²) in [7, 11) is -3.73. The molecule has 0 radical (unpaired) electrons. The Morgan fingerprint density at radius 2 is 1.84 bits per heavy atom. The summed E-state index contributed by atoms with van der Waals surface area (Å²) in [4.78, 5) is 9.12. The zero-order valence-electron chi connectivity index (χ0n) is 16.6. The number of hydrogen-bond acceptors (Lipinski definition) is 5. The minimum absolute atomic E-state index is 0.00831. The summed E-state index contributed by atoms with van der Waals surface area (Å²) in [6, 6.07) is 11.9. The lowest BCUT2D eigenvalue weighted by atomic mass is 10.0. The van der Waals surface area contributed by atoms with Crippen LogP contribution in [-0.4, -0.2) is 42.8 Å². The Kier molecular flexibility index (Phi) is 6.72. The quantitative estimate of drug-likeness (QED) is 0.558. The maximum absolute atomic E-state index is 13.0. The third kappa shape index (κ3) is 4.69. The summed E-state index contributed by atoms with van der Waals surface area (Å²) in [5, 5.41) is 11.6. The first kappa shape index (κ1) is 23.9. The third-order valence-electron chi connectivity index (χ3n) is 4.68. The molecule has 1 aromatic heterocycles. The molecule has 1 aliphatic rings. The van der Waals surface area contributed by atoms with Gasteiger partial charge in [0.1, 0.15) is 12.4 Å². The highest BCUT2D eigenvalue weighted by Crippen LogP contribution is 2.40. The molecule has 32 heavy (non-hydrogen) atoms. The van der Waals surface area contributed by atoms with Gasteiger partial charge in [-0.15, -0.1) is 0 Å². The fourth-order valence-electron chi connectivity index (χ4n) is 3.26. The second-order valence-corrected chi connectivity index (χ2v) is 9.01. The summed E-state index contributed by atoms with van der Waals surface area (Å²) < 4.78 is 64.8. The van der Waals surface area contributed by atoms with Crippen molar-refractivity contribution in [2.24, 2.45) is 0 Å². The molecule has 1 aliphatic heterocycles. The summed E-state index contributed by atoms with van der Waals surface area (Å²) in [5.41, 5.74) is 1.44. The molecule has 0 bridgehead atoms. The molecule has 3 aromatic rings. The molecule has 0 aliphatic carbocycles. The van der Waals surface area contributed by atoms with Crippen molar-refractivity contribution in [2.45, 2.75) is 24.0 Å². The third-order valence-corrected chi connectivity index (χ3v) is 6.65. The van der Waals surface area contributed by atoms with E-state index in [1.807, 2.05) is 13.0 Å². The van der Waals surface area contributed by atoms with Gasteiger partial charge in [0.05, 0.1) is 15.4 Å². The number of alkyl halides is 3. The predicted molar refractivity (Wildman–Crippen MR) is 112 cm³/mol. The Hall–Kier alpha value is -2.76. The van der Waals surface area contributed by atoms with Gasteiger partial charge in [-0.3, -0.25) is 0 Å². The molecule has 172 valence electrons. The van der Waals surface area contributed by atoms with E-state index >= 15 is 0 Å². The molecule has 1 unspecified atom stereocenters. The van der Waals surface area contributed by atoms with Gasteiger partial charge in [-0.1, -0.05) is 29.8 Å². The van der Waals surface area contributed by atoms with Crippen LogP contribution >= 0.6 is 11.6 Å². The van der Waals surface area contributed by atoms with Crippen LogP contribution in [-0.2, 0) is 14.8 Å². The molecule has 2 N–H and O–H groups in total. The van der Waals surface area contributed by atoms with Crippen LogP contribution in [0.3, 0.4) is 0 Å². The molecule has 2 heterocycles. The van der Waals surface area contributed by atoms with Crippen LogP contribution in [0.15, 0.2) is 53.6 Å². The summed E-state index contributed by atoms with van der Waals surface area (Å²) >= 11 is 6.46. The number of fused-ring (bicyclic) bond motifs is 3. The van der Waals surface area contributed by atoms with Gasteiger partial charge in [0.2, 0.25) is 0 Å². The maximum atomic E-state index is 13.0. The second kappa shape index (κ2) is 9.00. The van der Waals surface area contributed by atoms with Crippen LogP contribution < -0.4 is 10.1 Å². The van der Waals surface area contributed by atoms with Crippen LogP contribution in [0.2, 0.25) is 5.02 Å². The molecule has 0 fully saturated rings. The molecule has 0 spiro atoms. The standard InChI is InChI=1S/C18H17ClN2O3S.C2HF3O2/c1-12-17-16(24-10-9-20-12)8-7-15-18(17)14(19)11-21(15)25(22,23)13-5-3-2-4-6-13;3-2(4,5)1(6)7/h2-8,11-12,20H,9-10H2,1H3;(H,6,7). The second-order valence-electron chi connectivity index (χ2n) is 6.79. The number of carbonyl (C=O) groups is 1. The minimum Gasteiger partial charge on any atom is -0.492 e. The van der Waals surface area contributed by atoms with Gasteiger partial charge < -0.3 is 15.2 Å². The largest absolute Gasteiger partial charge is 0.492 e. The molecular weight excluding hydrogens is 473 g/mol. The Labute approximate surface area is 186 Å². The highest BCUT2D eigenvalue weighted by atomic mass is 35.5. The zero-order chi connectivity index (χ0) is 23.7. The zero-order valence-corrected chi connectivity index (χ0v) is 18.1. The van der Waals surface area contributed by atoms with E-state index in [2.05, 4.69) is 5.32 Å². The van der Waals surface area contributed by atoms with Gasteiger partial charge in [0.15, 0.2) is 0 Å². The summed E-state index contributed by atoms with van der Waals surface area (Å²) in [5.74, 6) is -2.02. The van der Waals surface area contributed by atoms with E-state index in [9.17, 15) is 21.6 Å². The Morgan fingerprint density at radius 1 is 1.22 bits per heavy atom. The topological polar surface area (TPSA) is 97.6 Å². The highest BCUT2D eigenvalue weighted by molar-refractivity contribution is 7.90. The number of rotatable bonds is 2. The van der Waals surface area contributed by atoms with Crippen molar-refractivity contribution in [1.29, 1.82) is 0 Å². The normalized spacial score (nSPS) is 16.3. The Morgan fingerprint density at radius 3 is 2.44 bits per heavy atom. The molecule has 0 saturated carbocycles. The maximum Gasteiger partial charge on any atom is 0.490 e. The smallest absolute Gasteiger partial charge is 0.490 e. The predicted octanol–water partition coefficient (Wildman–Crippen LogP) is 4.21. The van der Waals surface area contributed by atoms with E-state index in [1.54, 1.807) is 36.4 Å². The number of benzene rings is 2. The number of aromatic nitrogens is 1. The highest BCUT2D eigenvalue weighted by Gasteiger charge is 2.38. The molecule has 7 nitrogen and oxygen atoms in total. The van der Waals surface area contributed by atoms with E-state index < -0.39 is 22.2 Å². The molecular formula is C20H18ClF3N2O5S. The molecule has 0 amide bonds. The van der Waals surface area contributed by atoms with Crippen molar-refractivity contribution < 1.29 is 36.2 Å². The number of carboxylic acid groups (broad SMARTS) is 1. The van der Waals surface area contributed by atoms with Crippen LogP contribution in [0.1, 0.15) is 18.5 Å². The van der Waals surface area contributed by atoms with E-state index in [4.69, 9.17) is 26.2 Å². The molecule has 12 heteroatoms. The lowest BCUT2D eigenvalue weighted by Gasteiger charge is -2.15. The Bertz CT molecular complexity index is 1240. The number of hydrogen-bond donors (Lipinski definition) is 2. The minimum atomic E-state index is -5.08. The summed E-state index contributed by atoms with van der Waals surface area (Å²) in [6.07, 6.45) is -3.62. The van der Waals surface area contributed by atoms with Crippen LogP contribution in [0.25, 0.3) is 10.9 Å². The van der Waals surface area contributed by atoms with Crippen LogP contribution in [0.4, 0.5) is 13.2 Å². The average molecular weight is 491 g/mol. The van der Waals surface area contributed by atoms with Gasteiger partial charge >= 0.3 is 12.1 Å². The molecule has 1 atom stereocenters. The number of halogens is 4. The van der Waals surface area contributed by atoms with Crippen molar-refractivity contribution in [3.8, 4) is 5.75 Å². The first-order valence-electron chi connectivity index (χ1n) is 9.25.